The molecule has 1 unspecified atom stereocenters. The van der Waals surface area contributed by atoms with Crippen LogP contribution in [0.3, 0.4) is 0 Å². The van der Waals surface area contributed by atoms with Crippen LogP contribution >= 0.6 is 23.2 Å². The maximum atomic E-state index is 12.7. The smallest absolute Gasteiger partial charge is 0.258 e. The van der Waals surface area contributed by atoms with Gasteiger partial charge in [0.1, 0.15) is 6.17 Å². The number of hydrogen-bond donors (Lipinski definition) is 1. The SMILES string of the molecule is C=CCN1C(=O)c2ccccc2NC1c1ccc(Cl)c(Cl)c1. The Kier molecular flexibility index (Phi) is 4.10. The summed E-state index contributed by atoms with van der Waals surface area (Å²) in [6.07, 6.45) is 1.40. The van der Waals surface area contributed by atoms with Crippen LogP contribution in [0.25, 0.3) is 0 Å². The predicted octanol–water partition coefficient (Wildman–Crippen LogP) is 4.75. The zero-order valence-corrected chi connectivity index (χ0v) is 13.2. The van der Waals surface area contributed by atoms with Crippen molar-refractivity contribution in [3.05, 3.63) is 76.3 Å². The number of amides is 1. The maximum Gasteiger partial charge on any atom is 0.258 e. The van der Waals surface area contributed by atoms with E-state index in [0.717, 1.165) is 11.3 Å². The molecule has 0 aliphatic carbocycles. The van der Waals surface area contributed by atoms with E-state index in [1.165, 1.54) is 0 Å². The number of hydrogen-bond acceptors (Lipinski definition) is 2. The van der Waals surface area contributed by atoms with Gasteiger partial charge in [0.2, 0.25) is 0 Å². The van der Waals surface area contributed by atoms with Crippen molar-refractivity contribution in [3.8, 4) is 0 Å². The molecule has 0 fully saturated rings. The lowest BCUT2D eigenvalue weighted by molar-refractivity contribution is 0.0707. The molecule has 3 rings (SSSR count). The lowest BCUT2D eigenvalue weighted by Crippen LogP contribution is -2.42. The minimum Gasteiger partial charge on any atom is -0.361 e. The molecule has 2 aromatic carbocycles. The van der Waals surface area contributed by atoms with E-state index in [-0.39, 0.29) is 12.1 Å². The number of rotatable bonds is 3. The van der Waals surface area contributed by atoms with E-state index in [0.29, 0.717) is 22.2 Å². The van der Waals surface area contributed by atoms with Crippen LogP contribution in [0.1, 0.15) is 22.1 Å². The highest BCUT2D eigenvalue weighted by Crippen LogP contribution is 2.35. The Balaban J connectivity index is 2.07. The molecule has 1 aliphatic heterocycles. The van der Waals surface area contributed by atoms with E-state index in [1.807, 2.05) is 30.3 Å². The van der Waals surface area contributed by atoms with Gasteiger partial charge in [-0.25, -0.2) is 0 Å². The van der Waals surface area contributed by atoms with Crippen LogP contribution < -0.4 is 5.32 Å². The Morgan fingerprint density at radius 3 is 2.68 bits per heavy atom. The van der Waals surface area contributed by atoms with Crippen LogP contribution in [0.2, 0.25) is 10.0 Å². The van der Waals surface area contributed by atoms with Crippen LogP contribution in [0.5, 0.6) is 0 Å². The highest BCUT2D eigenvalue weighted by atomic mass is 35.5. The first kappa shape index (κ1) is 14.9. The summed E-state index contributed by atoms with van der Waals surface area (Å²) in [5.41, 5.74) is 2.34. The molecule has 22 heavy (non-hydrogen) atoms. The third-order valence-corrected chi connectivity index (χ3v) is 4.35. The summed E-state index contributed by atoms with van der Waals surface area (Å²) in [4.78, 5) is 14.4. The average Bonchev–Trinajstić information content (AvgIpc) is 2.53. The molecule has 1 N–H and O–H groups in total. The fourth-order valence-corrected chi connectivity index (χ4v) is 2.87. The van der Waals surface area contributed by atoms with Gasteiger partial charge in [-0.1, -0.05) is 47.5 Å². The van der Waals surface area contributed by atoms with Gasteiger partial charge in [-0.05, 0) is 29.8 Å². The van der Waals surface area contributed by atoms with Crippen LogP contribution in [0, 0.1) is 0 Å². The Hall–Kier alpha value is -1.97. The summed E-state index contributed by atoms with van der Waals surface area (Å²) in [5.74, 6) is -0.0367. The second-order valence-electron chi connectivity index (χ2n) is 5.01. The van der Waals surface area contributed by atoms with Gasteiger partial charge in [-0.3, -0.25) is 4.79 Å². The molecule has 3 nitrogen and oxygen atoms in total. The van der Waals surface area contributed by atoms with E-state index in [2.05, 4.69) is 11.9 Å². The van der Waals surface area contributed by atoms with Crippen LogP contribution in [0.15, 0.2) is 55.1 Å². The van der Waals surface area contributed by atoms with Gasteiger partial charge in [0, 0.05) is 12.2 Å². The molecule has 0 saturated heterocycles. The van der Waals surface area contributed by atoms with E-state index in [9.17, 15) is 4.79 Å². The number of carbonyl (C=O) groups excluding carboxylic acids is 1. The quantitative estimate of drug-likeness (QED) is 0.823. The van der Waals surface area contributed by atoms with Gasteiger partial charge < -0.3 is 10.2 Å². The van der Waals surface area contributed by atoms with Crippen molar-refractivity contribution in [1.29, 1.82) is 0 Å². The molecule has 112 valence electrons. The second kappa shape index (κ2) is 6.03. The van der Waals surface area contributed by atoms with E-state index < -0.39 is 0 Å². The molecule has 0 saturated carbocycles. The van der Waals surface area contributed by atoms with Crippen LogP contribution in [-0.2, 0) is 0 Å². The lowest BCUT2D eigenvalue weighted by Gasteiger charge is -2.37. The molecular formula is C17H14Cl2N2O. The molecular weight excluding hydrogens is 319 g/mol. The van der Waals surface area contributed by atoms with Crippen LogP contribution in [-0.4, -0.2) is 17.4 Å². The minimum absolute atomic E-state index is 0.0367. The molecule has 0 bridgehead atoms. The Morgan fingerprint density at radius 2 is 1.95 bits per heavy atom. The van der Waals surface area contributed by atoms with Gasteiger partial charge in [-0.2, -0.15) is 0 Å². The zero-order valence-electron chi connectivity index (χ0n) is 11.7. The van der Waals surface area contributed by atoms with Gasteiger partial charge >= 0.3 is 0 Å². The van der Waals surface area contributed by atoms with Gasteiger partial charge in [0.05, 0.1) is 15.6 Å². The van der Waals surface area contributed by atoms with Crippen molar-refractivity contribution in [1.82, 2.24) is 4.90 Å². The van der Waals surface area contributed by atoms with Gasteiger partial charge in [0.15, 0.2) is 0 Å². The predicted molar refractivity (Wildman–Crippen MR) is 90.5 cm³/mol. The second-order valence-corrected chi connectivity index (χ2v) is 5.83. The first-order chi connectivity index (χ1) is 10.6. The number of anilines is 1. The molecule has 1 atom stereocenters. The summed E-state index contributed by atoms with van der Waals surface area (Å²) in [6, 6.07) is 12.8. The summed E-state index contributed by atoms with van der Waals surface area (Å²) in [5, 5.41) is 4.33. The van der Waals surface area contributed by atoms with E-state index >= 15 is 0 Å². The number of nitrogens with zero attached hydrogens (tertiary/aromatic N) is 1. The summed E-state index contributed by atoms with van der Waals surface area (Å²) in [6.45, 7) is 4.17. The zero-order chi connectivity index (χ0) is 15.7. The molecule has 0 spiro atoms. The average molecular weight is 333 g/mol. The third-order valence-electron chi connectivity index (χ3n) is 3.61. The number of para-hydroxylation sites is 1. The maximum absolute atomic E-state index is 12.7. The summed E-state index contributed by atoms with van der Waals surface area (Å²) >= 11 is 12.1. The van der Waals surface area contributed by atoms with Crippen molar-refractivity contribution in [2.75, 3.05) is 11.9 Å². The Labute approximate surface area is 139 Å². The summed E-state index contributed by atoms with van der Waals surface area (Å²) in [7, 11) is 0. The van der Waals surface area contributed by atoms with Gasteiger partial charge in [-0.15, -0.1) is 6.58 Å². The van der Waals surface area contributed by atoms with E-state index in [4.69, 9.17) is 23.2 Å². The fraction of sp³-hybridized carbons (Fsp3) is 0.118. The Bertz CT molecular complexity index is 745. The summed E-state index contributed by atoms with van der Waals surface area (Å²) < 4.78 is 0. The molecule has 0 radical (unpaired) electrons. The normalized spacial score (nSPS) is 16.9. The minimum atomic E-state index is -0.310. The van der Waals surface area contributed by atoms with Crippen molar-refractivity contribution >= 4 is 34.8 Å². The van der Waals surface area contributed by atoms with Crippen molar-refractivity contribution in [3.63, 3.8) is 0 Å². The van der Waals surface area contributed by atoms with Gasteiger partial charge in [0.25, 0.3) is 5.91 Å². The first-order valence-electron chi connectivity index (χ1n) is 6.84. The van der Waals surface area contributed by atoms with Crippen molar-refractivity contribution in [2.24, 2.45) is 0 Å². The molecule has 1 heterocycles. The number of fused-ring (bicyclic) bond motifs is 1. The monoisotopic (exact) mass is 332 g/mol. The molecule has 0 aromatic heterocycles. The van der Waals surface area contributed by atoms with Crippen molar-refractivity contribution in [2.45, 2.75) is 6.17 Å². The number of benzene rings is 2. The number of nitrogens with one attached hydrogen (secondary N) is 1. The highest BCUT2D eigenvalue weighted by molar-refractivity contribution is 6.42. The van der Waals surface area contributed by atoms with Crippen LogP contribution in [0.4, 0.5) is 5.69 Å². The molecule has 1 amide bonds. The highest BCUT2D eigenvalue weighted by Gasteiger charge is 2.32. The van der Waals surface area contributed by atoms with E-state index in [1.54, 1.807) is 23.1 Å². The first-order valence-corrected chi connectivity index (χ1v) is 7.60. The third kappa shape index (κ3) is 2.58. The Morgan fingerprint density at radius 1 is 1.18 bits per heavy atom. The molecule has 2 aromatic rings. The fourth-order valence-electron chi connectivity index (χ4n) is 2.57. The lowest BCUT2D eigenvalue weighted by atomic mass is 10.0. The standard InChI is InChI=1S/C17H14Cl2N2O/c1-2-9-21-16(11-7-8-13(18)14(19)10-11)20-15-6-4-3-5-12(15)17(21)22/h2-8,10,16,20H,1,9H2. The topological polar surface area (TPSA) is 32.3 Å². The largest absolute Gasteiger partial charge is 0.361 e. The number of carbonyl (C=O) groups is 1. The number of halogens is 2. The molecule has 5 heteroatoms. The molecule has 1 aliphatic rings. The van der Waals surface area contributed by atoms with Crippen molar-refractivity contribution < 1.29 is 4.79 Å².